The maximum absolute atomic E-state index is 12.3. The van der Waals surface area contributed by atoms with Crippen molar-refractivity contribution in [3.63, 3.8) is 0 Å². The molecule has 0 unspecified atom stereocenters. The zero-order valence-electron chi connectivity index (χ0n) is 15.9. The largest absolute Gasteiger partial charge is 0.439 e. The van der Waals surface area contributed by atoms with Crippen molar-refractivity contribution in [2.24, 2.45) is 0 Å². The van der Waals surface area contributed by atoms with Gasteiger partial charge in [0.25, 0.3) is 0 Å². The number of rotatable bonds is 6. The highest BCUT2D eigenvalue weighted by atomic mass is 16.5. The fraction of sp³-hybridized carbons (Fsp3) is 0.0870. The van der Waals surface area contributed by atoms with E-state index in [0.717, 1.165) is 16.9 Å². The lowest BCUT2D eigenvalue weighted by atomic mass is 10.1. The van der Waals surface area contributed by atoms with Crippen molar-refractivity contribution in [2.75, 3.05) is 5.32 Å². The summed E-state index contributed by atoms with van der Waals surface area (Å²) in [5.41, 5.74) is 2.84. The number of anilines is 1. The molecule has 0 saturated heterocycles. The molecule has 0 radical (unpaired) electrons. The summed E-state index contributed by atoms with van der Waals surface area (Å²) in [7, 11) is 0. The van der Waals surface area contributed by atoms with Gasteiger partial charge in [-0.15, -0.1) is 0 Å². The maximum atomic E-state index is 12.3. The Kier molecular flexibility index (Phi) is 5.33. The third-order valence-corrected chi connectivity index (χ3v) is 4.30. The molecular formula is C23H20N4O2. The van der Waals surface area contributed by atoms with Crippen molar-refractivity contribution >= 4 is 11.6 Å². The third-order valence-electron chi connectivity index (χ3n) is 4.30. The summed E-state index contributed by atoms with van der Waals surface area (Å²) in [4.78, 5) is 20.6. The average molecular weight is 384 g/mol. The molecule has 4 rings (SSSR count). The normalized spacial score (nSPS) is 10.5. The average Bonchev–Trinajstić information content (AvgIpc) is 3.25. The highest BCUT2D eigenvalue weighted by molar-refractivity contribution is 5.92. The number of nitrogens with one attached hydrogen (secondary N) is 1. The summed E-state index contributed by atoms with van der Waals surface area (Å²) in [5.74, 6) is 1.73. The van der Waals surface area contributed by atoms with Crippen molar-refractivity contribution in [3.8, 4) is 17.4 Å². The maximum Gasteiger partial charge on any atom is 0.228 e. The molecule has 1 amide bonds. The molecule has 2 heterocycles. The van der Waals surface area contributed by atoms with Gasteiger partial charge in [-0.3, -0.25) is 4.79 Å². The van der Waals surface area contributed by atoms with E-state index in [0.29, 0.717) is 23.7 Å². The lowest BCUT2D eigenvalue weighted by Gasteiger charge is -2.09. The van der Waals surface area contributed by atoms with Crippen molar-refractivity contribution < 1.29 is 9.53 Å². The predicted molar refractivity (Wildman–Crippen MR) is 111 cm³/mol. The number of carbonyl (C=O) groups excluding carboxylic acids is 1. The number of hydrogen-bond acceptors (Lipinski definition) is 4. The van der Waals surface area contributed by atoms with Gasteiger partial charge in [0, 0.05) is 24.1 Å². The van der Waals surface area contributed by atoms with Crippen molar-refractivity contribution in [1.29, 1.82) is 0 Å². The van der Waals surface area contributed by atoms with Crippen LogP contribution in [0.5, 0.6) is 11.6 Å². The first-order chi connectivity index (χ1) is 14.2. The van der Waals surface area contributed by atoms with Crippen LogP contribution in [0.25, 0.3) is 5.82 Å². The molecule has 144 valence electrons. The summed E-state index contributed by atoms with van der Waals surface area (Å²) >= 11 is 0. The summed E-state index contributed by atoms with van der Waals surface area (Å²) in [6.45, 7) is 2.01. The van der Waals surface area contributed by atoms with Crippen molar-refractivity contribution in [1.82, 2.24) is 14.5 Å². The summed E-state index contributed by atoms with van der Waals surface area (Å²) in [6.07, 6.45) is 5.61. The molecule has 0 fully saturated rings. The molecule has 0 bridgehead atoms. The number of amides is 1. The lowest BCUT2D eigenvalue weighted by molar-refractivity contribution is -0.115. The van der Waals surface area contributed by atoms with Crippen LogP contribution < -0.4 is 10.1 Å². The molecule has 0 atom stereocenters. The molecule has 0 spiro atoms. The van der Waals surface area contributed by atoms with Crippen LogP contribution >= 0.6 is 0 Å². The van der Waals surface area contributed by atoms with E-state index in [1.165, 1.54) is 6.33 Å². The fourth-order valence-corrected chi connectivity index (χ4v) is 2.95. The second-order valence-corrected chi connectivity index (χ2v) is 6.65. The molecule has 1 N–H and O–H groups in total. The number of carbonyl (C=O) groups is 1. The van der Waals surface area contributed by atoms with Gasteiger partial charge in [-0.25, -0.2) is 9.97 Å². The minimum Gasteiger partial charge on any atom is -0.439 e. The Morgan fingerprint density at radius 1 is 1.00 bits per heavy atom. The number of benzene rings is 2. The summed E-state index contributed by atoms with van der Waals surface area (Å²) < 4.78 is 7.69. The van der Waals surface area contributed by atoms with E-state index < -0.39 is 0 Å². The molecule has 29 heavy (non-hydrogen) atoms. The van der Waals surface area contributed by atoms with Crippen LogP contribution in [0.15, 0.2) is 85.5 Å². The quantitative estimate of drug-likeness (QED) is 0.529. The monoisotopic (exact) mass is 384 g/mol. The van der Waals surface area contributed by atoms with Crippen LogP contribution in [0.4, 0.5) is 5.69 Å². The van der Waals surface area contributed by atoms with E-state index in [1.54, 1.807) is 30.3 Å². The van der Waals surface area contributed by atoms with Crippen LogP contribution in [0.3, 0.4) is 0 Å². The van der Waals surface area contributed by atoms with Crippen LogP contribution in [-0.4, -0.2) is 20.4 Å². The SMILES string of the molecule is Cc1cccc(CC(=O)Nc2ccc(Oc3cc(-n4cccc4)ncn3)cc2)c1. The van der Waals surface area contributed by atoms with Crippen LogP contribution in [-0.2, 0) is 11.2 Å². The summed E-state index contributed by atoms with van der Waals surface area (Å²) in [5, 5.41) is 2.91. The zero-order chi connectivity index (χ0) is 20.1. The topological polar surface area (TPSA) is 69.0 Å². The van der Waals surface area contributed by atoms with Crippen LogP contribution in [0, 0.1) is 6.92 Å². The molecule has 0 aliphatic heterocycles. The minimum atomic E-state index is -0.0589. The molecule has 0 aliphatic rings. The predicted octanol–water partition coefficient (Wildman–Crippen LogP) is 4.55. The molecule has 4 aromatic rings. The van der Waals surface area contributed by atoms with Gasteiger partial charge in [-0.05, 0) is 48.9 Å². The van der Waals surface area contributed by atoms with Crippen LogP contribution in [0.1, 0.15) is 11.1 Å². The molecule has 6 nitrogen and oxygen atoms in total. The van der Waals surface area contributed by atoms with Gasteiger partial charge in [0.15, 0.2) is 0 Å². The fourth-order valence-electron chi connectivity index (χ4n) is 2.95. The molecular weight excluding hydrogens is 364 g/mol. The number of nitrogens with zero attached hydrogens (tertiary/aromatic N) is 3. The van der Waals surface area contributed by atoms with Gasteiger partial charge in [-0.2, -0.15) is 0 Å². The van der Waals surface area contributed by atoms with Crippen molar-refractivity contribution in [2.45, 2.75) is 13.3 Å². The molecule has 0 aliphatic carbocycles. The Labute approximate surface area is 168 Å². The summed E-state index contributed by atoms with van der Waals surface area (Å²) in [6, 6.07) is 20.7. The van der Waals surface area contributed by atoms with Gasteiger partial charge in [0.2, 0.25) is 11.8 Å². The number of hydrogen-bond donors (Lipinski definition) is 1. The first-order valence-electron chi connectivity index (χ1n) is 9.24. The highest BCUT2D eigenvalue weighted by Gasteiger charge is 2.06. The molecule has 0 saturated carbocycles. The van der Waals surface area contributed by atoms with E-state index in [1.807, 2.05) is 60.3 Å². The Morgan fingerprint density at radius 3 is 2.55 bits per heavy atom. The van der Waals surface area contributed by atoms with E-state index in [4.69, 9.17) is 4.74 Å². The standard InChI is InChI=1S/C23H20N4O2/c1-17-5-4-6-18(13-17)14-22(28)26-19-7-9-20(10-8-19)29-23-15-21(24-16-25-23)27-11-2-3-12-27/h2-13,15-16H,14H2,1H3,(H,26,28). The second kappa shape index (κ2) is 8.39. The number of aromatic nitrogens is 3. The van der Waals surface area contributed by atoms with E-state index in [2.05, 4.69) is 15.3 Å². The van der Waals surface area contributed by atoms with Crippen molar-refractivity contribution in [3.05, 3.63) is 96.6 Å². The van der Waals surface area contributed by atoms with Gasteiger partial charge in [-0.1, -0.05) is 29.8 Å². The minimum absolute atomic E-state index is 0.0589. The first kappa shape index (κ1) is 18.4. The third kappa shape index (κ3) is 4.87. The number of aryl methyl sites for hydroxylation is 1. The van der Waals surface area contributed by atoms with Gasteiger partial charge < -0.3 is 14.6 Å². The van der Waals surface area contributed by atoms with Gasteiger partial charge in [0.05, 0.1) is 6.42 Å². The van der Waals surface area contributed by atoms with Gasteiger partial charge in [0.1, 0.15) is 17.9 Å². The van der Waals surface area contributed by atoms with E-state index in [-0.39, 0.29) is 5.91 Å². The van der Waals surface area contributed by atoms with Gasteiger partial charge >= 0.3 is 0 Å². The zero-order valence-corrected chi connectivity index (χ0v) is 15.9. The highest BCUT2D eigenvalue weighted by Crippen LogP contribution is 2.22. The Bertz CT molecular complexity index is 1110. The Balaban J connectivity index is 1.38. The first-order valence-corrected chi connectivity index (χ1v) is 9.24. The molecule has 2 aromatic carbocycles. The lowest BCUT2D eigenvalue weighted by Crippen LogP contribution is -2.14. The Hall–Kier alpha value is -3.93. The molecule has 6 heteroatoms. The van der Waals surface area contributed by atoms with E-state index >= 15 is 0 Å². The molecule has 2 aromatic heterocycles. The van der Waals surface area contributed by atoms with Crippen LogP contribution in [0.2, 0.25) is 0 Å². The second-order valence-electron chi connectivity index (χ2n) is 6.65. The smallest absolute Gasteiger partial charge is 0.228 e. The van der Waals surface area contributed by atoms with E-state index in [9.17, 15) is 4.79 Å². The Morgan fingerprint density at radius 2 is 1.79 bits per heavy atom. The number of ether oxygens (including phenoxy) is 1.